The molecule has 0 saturated heterocycles. The molecule has 0 saturated carbocycles. The second-order valence-corrected chi connectivity index (χ2v) is 4.30. The predicted molar refractivity (Wildman–Crippen MR) is 68.4 cm³/mol. The summed E-state index contributed by atoms with van der Waals surface area (Å²) in [6.45, 7) is 0.839. The lowest BCUT2D eigenvalue weighted by atomic mass is 10.1. The average molecular weight is 278 g/mol. The summed E-state index contributed by atoms with van der Waals surface area (Å²) in [6.07, 6.45) is 4.44. The van der Waals surface area contributed by atoms with Crippen molar-refractivity contribution >= 4 is 21.9 Å². The highest BCUT2D eigenvalue weighted by Crippen LogP contribution is 2.07. The topological polar surface area (TPSA) is 37.8 Å². The number of anilines is 1. The molecule has 0 spiro atoms. The van der Waals surface area contributed by atoms with Crippen molar-refractivity contribution < 1.29 is 0 Å². The SMILES string of the molecule is Brc1cnc(NCCc2ccccc2)nc1. The van der Waals surface area contributed by atoms with Crippen molar-refractivity contribution in [2.45, 2.75) is 6.42 Å². The fourth-order valence-corrected chi connectivity index (χ4v) is 1.57. The van der Waals surface area contributed by atoms with E-state index in [9.17, 15) is 0 Å². The van der Waals surface area contributed by atoms with Gasteiger partial charge in [0.25, 0.3) is 0 Å². The Morgan fingerprint density at radius 2 is 1.75 bits per heavy atom. The van der Waals surface area contributed by atoms with E-state index in [1.165, 1.54) is 5.56 Å². The van der Waals surface area contributed by atoms with Crippen molar-refractivity contribution in [1.82, 2.24) is 9.97 Å². The molecule has 0 aliphatic rings. The number of aromatic nitrogens is 2. The molecule has 0 amide bonds. The molecular formula is C12H12BrN3. The van der Waals surface area contributed by atoms with E-state index >= 15 is 0 Å². The molecule has 2 aromatic rings. The van der Waals surface area contributed by atoms with Crippen LogP contribution in [0.25, 0.3) is 0 Å². The van der Waals surface area contributed by atoms with E-state index in [2.05, 4.69) is 43.3 Å². The van der Waals surface area contributed by atoms with Crippen LogP contribution in [0, 0.1) is 0 Å². The second-order valence-electron chi connectivity index (χ2n) is 3.39. The maximum absolute atomic E-state index is 4.14. The minimum absolute atomic E-state index is 0.666. The Morgan fingerprint density at radius 1 is 1.06 bits per heavy atom. The van der Waals surface area contributed by atoms with E-state index in [0.29, 0.717) is 5.95 Å². The molecule has 0 unspecified atom stereocenters. The molecule has 82 valence electrons. The molecule has 0 radical (unpaired) electrons. The Balaban J connectivity index is 1.82. The van der Waals surface area contributed by atoms with Crippen molar-refractivity contribution in [3.8, 4) is 0 Å². The molecule has 4 heteroatoms. The van der Waals surface area contributed by atoms with Gasteiger partial charge >= 0.3 is 0 Å². The standard InChI is InChI=1S/C12H12BrN3/c13-11-8-15-12(16-9-11)14-7-6-10-4-2-1-3-5-10/h1-5,8-9H,6-7H2,(H,14,15,16). The number of nitrogens with one attached hydrogen (secondary N) is 1. The maximum atomic E-state index is 4.14. The molecule has 1 aromatic heterocycles. The average Bonchev–Trinajstić information content (AvgIpc) is 2.33. The normalized spacial score (nSPS) is 10.1. The van der Waals surface area contributed by atoms with Gasteiger partial charge in [0.15, 0.2) is 0 Å². The molecule has 0 fully saturated rings. The summed E-state index contributed by atoms with van der Waals surface area (Å²) in [5, 5.41) is 3.18. The molecule has 0 bridgehead atoms. The van der Waals surface area contributed by atoms with Crippen LogP contribution in [0.3, 0.4) is 0 Å². The first-order valence-corrected chi connectivity index (χ1v) is 5.89. The van der Waals surface area contributed by atoms with Crippen LogP contribution >= 0.6 is 15.9 Å². The highest BCUT2D eigenvalue weighted by atomic mass is 79.9. The number of hydrogen-bond donors (Lipinski definition) is 1. The van der Waals surface area contributed by atoms with E-state index in [0.717, 1.165) is 17.4 Å². The van der Waals surface area contributed by atoms with Crippen molar-refractivity contribution in [3.05, 3.63) is 52.8 Å². The third kappa shape index (κ3) is 3.31. The van der Waals surface area contributed by atoms with E-state index in [1.807, 2.05) is 18.2 Å². The number of halogens is 1. The lowest BCUT2D eigenvalue weighted by Crippen LogP contribution is -2.07. The zero-order chi connectivity index (χ0) is 11.2. The van der Waals surface area contributed by atoms with Crippen molar-refractivity contribution in [2.24, 2.45) is 0 Å². The zero-order valence-corrected chi connectivity index (χ0v) is 10.3. The first-order valence-electron chi connectivity index (χ1n) is 5.10. The molecule has 16 heavy (non-hydrogen) atoms. The zero-order valence-electron chi connectivity index (χ0n) is 8.73. The predicted octanol–water partition coefficient (Wildman–Crippen LogP) is 2.89. The van der Waals surface area contributed by atoms with Crippen LogP contribution in [-0.4, -0.2) is 16.5 Å². The molecule has 0 aliphatic heterocycles. The van der Waals surface area contributed by atoms with Gasteiger partial charge in [0.05, 0.1) is 4.47 Å². The van der Waals surface area contributed by atoms with Crippen molar-refractivity contribution in [1.29, 1.82) is 0 Å². The van der Waals surface area contributed by atoms with E-state index in [1.54, 1.807) is 12.4 Å². The summed E-state index contributed by atoms with van der Waals surface area (Å²) in [5.41, 5.74) is 1.31. The molecular weight excluding hydrogens is 266 g/mol. The maximum Gasteiger partial charge on any atom is 0.222 e. The lowest BCUT2D eigenvalue weighted by Gasteiger charge is -2.04. The Hall–Kier alpha value is -1.42. The van der Waals surface area contributed by atoms with Gasteiger partial charge in [-0.25, -0.2) is 9.97 Å². The molecule has 1 heterocycles. The van der Waals surface area contributed by atoms with Gasteiger partial charge in [-0.05, 0) is 27.9 Å². The summed E-state index contributed by atoms with van der Waals surface area (Å²) in [5.74, 6) is 0.666. The van der Waals surface area contributed by atoms with E-state index < -0.39 is 0 Å². The molecule has 0 atom stereocenters. The number of benzene rings is 1. The fraction of sp³-hybridized carbons (Fsp3) is 0.167. The van der Waals surface area contributed by atoms with Crippen LogP contribution in [-0.2, 0) is 6.42 Å². The van der Waals surface area contributed by atoms with Crippen molar-refractivity contribution in [2.75, 3.05) is 11.9 Å². The largest absolute Gasteiger partial charge is 0.354 e. The van der Waals surface area contributed by atoms with Gasteiger partial charge in [0, 0.05) is 18.9 Å². The van der Waals surface area contributed by atoms with Gasteiger partial charge in [-0.1, -0.05) is 30.3 Å². The van der Waals surface area contributed by atoms with Crippen molar-refractivity contribution in [3.63, 3.8) is 0 Å². The van der Waals surface area contributed by atoms with Crippen LogP contribution in [0.5, 0.6) is 0 Å². The summed E-state index contributed by atoms with van der Waals surface area (Å²) >= 11 is 3.30. The number of rotatable bonds is 4. The highest BCUT2D eigenvalue weighted by Gasteiger charge is 1.95. The van der Waals surface area contributed by atoms with Gasteiger partial charge in [-0.3, -0.25) is 0 Å². The van der Waals surface area contributed by atoms with Gasteiger partial charge in [-0.15, -0.1) is 0 Å². The Kier molecular flexibility index (Phi) is 3.88. The fourth-order valence-electron chi connectivity index (χ4n) is 1.37. The summed E-state index contributed by atoms with van der Waals surface area (Å²) in [7, 11) is 0. The Labute approximate surface area is 103 Å². The minimum Gasteiger partial charge on any atom is -0.354 e. The van der Waals surface area contributed by atoms with Gasteiger partial charge in [-0.2, -0.15) is 0 Å². The summed E-state index contributed by atoms with van der Waals surface area (Å²) in [4.78, 5) is 8.28. The highest BCUT2D eigenvalue weighted by molar-refractivity contribution is 9.10. The van der Waals surface area contributed by atoms with Crippen LogP contribution < -0.4 is 5.32 Å². The molecule has 2 rings (SSSR count). The number of hydrogen-bond acceptors (Lipinski definition) is 3. The third-order valence-corrected chi connectivity index (χ3v) is 2.57. The quantitative estimate of drug-likeness (QED) is 0.934. The first kappa shape index (κ1) is 11.1. The van der Waals surface area contributed by atoms with Gasteiger partial charge in [0.2, 0.25) is 5.95 Å². The van der Waals surface area contributed by atoms with Crippen LogP contribution in [0.1, 0.15) is 5.56 Å². The van der Waals surface area contributed by atoms with E-state index in [4.69, 9.17) is 0 Å². The molecule has 1 N–H and O–H groups in total. The molecule has 0 aliphatic carbocycles. The summed E-state index contributed by atoms with van der Waals surface area (Å²) < 4.78 is 0.890. The molecule has 3 nitrogen and oxygen atoms in total. The van der Waals surface area contributed by atoms with Crippen LogP contribution in [0.2, 0.25) is 0 Å². The molecule has 1 aromatic carbocycles. The van der Waals surface area contributed by atoms with Crippen LogP contribution in [0.4, 0.5) is 5.95 Å². The van der Waals surface area contributed by atoms with Gasteiger partial charge in [0.1, 0.15) is 0 Å². The lowest BCUT2D eigenvalue weighted by molar-refractivity contribution is 0.982. The Bertz CT molecular complexity index is 428. The third-order valence-electron chi connectivity index (χ3n) is 2.16. The first-order chi connectivity index (χ1) is 7.84. The van der Waals surface area contributed by atoms with Gasteiger partial charge < -0.3 is 5.32 Å². The Morgan fingerprint density at radius 3 is 2.44 bits per heavy atom. The van der Waals surface area contributed by atoms with Crippen LogP contribution in [0.15, 0.2) is 47.2 Å². The second kappa shape index (κ2) is 5.61. The monoisotopic (exact) mass is 277 g/mol. The van der Waals surface area contributed by atoms with E-state index in [-0.39, 0.29) is 0 Å². The summed E-state index contributed by atoms with van der Waals surface area (Å²) in [6, 6.07) is 10.3. The minimum atomic E-state index is 0.666. The number of nitrogens with zero attached hydrogens (tertiary/aromatic N) is 2. The smallest absolute Gasteiger partial charge is 0.222 e.